The molecule has 21 heavy (non-hydrogen) atoms. The summed E-state index contributed by atoms with van der Waals surface area (Å²) in [5, 5.41) is 3.27. The molecule has 1 aliphatic heterocycles. The first kappa shape index (κ1) is 15.8. The number of carbonyl (C=O) groups excluding carboxylic acids is 1. The number of nitrogens with zero attached hydrogens (tertiary/aromatic N) is 1. The van der Waals surface area contributed by atoms with Crippen molar-refractivity contribution in [2.45, 2.75) is 6.92 Å². The quantitative estimate of drug-likeness (QED) is 0.651. The topological polar surface area (TPSA) is 50.8 Å². The highest BCUT2D eigenvalue weighted by Crippen LogP contribution is 2.34. The van der Waals surface area contributed by atoms with Crippen molar-refractivity contribution in [1.29, 1.82) is 0 Å². The van der Waals surface area contributed by atoms with Gasteiger partial charge in [0.1, 0.15) is 5.70 Å². The summed E-state index contributed by atoms with van der Waals surface area (Å²) in [4.78, 5) is 13.4. The Balaban J connectivity index is 2.43. The zero-order chi connectivity index (χ0) is 15.6. The van der Waals surface area contributed by atoms with Gasteiger partial charge in [0, 0.05) is 11.5 Å². The molecule has 0 aromatic heterocycles. The van der Waals surface area contributed by atoms with E-state index in [-0.39, 0.29) is 5.91 Å². The first-order valence-electron chi connectivity index (χ1n) is 6.29. The Hall–Kier alpha value is -1.60. The summed E-state index contributed by atoms with van der Waals surface area (Å²) in [6.45, 7) is 2.42. The van der Waals surface area contributed by atoms with E-state index in [1.807, 2.05) is 13.0 Å². The number of hydrogen-bond donors (Lipinski definition) is 1. The SMILES string of the molecule is CCOc1cc(/C=C2\NC(=S)N(C)C2=O)c(Br)cc1OC. The van der Waals surface area contributed by atoms with Crippen LogP contribution in [0.4, 0.5) is 0 Å². The number of carbonyl (C=O) groups is 1. The number of benzene rings is 1. The number of methoxy groups -OCH3 is 1. The van der Waals surface area contributed by atoms with E-state index in [0.717, 1.165) is 10.0 Å². The van der Waals surface area contributed by atoms with Gasteiger partial charge in [-0.3, -0.25) is 9.69 Å². The molecule has 0 bridgehead atoms. The minimum Gasteiger partial charge on any atom is -0.493 e. The molecule has 0 aliphatic carbocycles. The van der Waals surface area contributed by atoms with Crippen molar-refractivity contribution in [3.8, 4) is 11.5 Å². The minimum atomic E-state index is -0.166. The molecule has 0 saturated carbocycles. The van der Waals surface area contributed by atoms with Crippen LogP contribution in [-0.4, -0.2) is 36.7 Å². The lowest BCUT2D eigenvalue weighted by Crippen LogP contribution is -2.25. The number of halogens is 1. The average Bonchev–Trinajstić information content (AvgIpc) is 2.70. The van der Waals surface area contributed by atoms with E-state index >= 15 is 0 Å². The van der Waals surface area contributed by atoms with Gasteiger partial charge in [-0.2, -0.15) is 0 Å². The molecule has 1 amide bonds. The van der Waals surface area contributed by atoms with Gasteiger partial charge in [-0.15, -0.1) is 0 Å². The third-order valence-corrected chi connectivity index (χ3v) is 4.03. The normalized spacial score (nSPS) is 16.4. The van der Waals surface area contributed by atoms with Crippen LogP contribution in [0.15, 0.2) is 22.3 Å². The summed E-state index contributed by atoms with van der Waals surface area (Å²) in [5.74, 6) is 1.08. The second-order valence-electron chi connectivity index (χ2n) is 4.31. The second kappa shape index (κ2) is 6.44. The van der Waals surface area contributed by atoms with Crippen LogP contribution in [0.25, 0.3) is 6.08 Å². The molecule has 0 unspecified atom stereocenters. The molecule has 2 rings (SSSR count). The highest BCUT2D eigenvalue weighted by Gasteiger charge is 2.27. The van der Waals surface area contributed by atoms with E-state index in [1.54, 1.807) is 26.3 Å². The third-order valence-electron chi connectivity index (χ3n) is 2.96. The van der Waals surface area contributed by atoms with Gasteiger partial charge in [-0.1, -0.05) is 15.9 Å². The third kappa shape index (κ3) is 3.19. The van der Waals surface area contributed by atoms with Crippen molar-refractivity contribution in [1.82, 2.24) is 10.2 Å². The lowest BCUT2D eigenvalue weighted by atomic mass is 10.1. The number of hydrogen-bond acceptors (Lipinski definition) is 4. The van der Waals surface area contributed by atoms with Gasteiger partial charge in [0.05, 0.1) is 13.7 Å². The molecular formula is C14H15BrN2O3S. The van der Waals surface area contributed by atoms with Crippen LogP contribution in [0.2, 0.25) is 0 Å². The van der Waals surface area contributed by atoms with E-state index in [2.05, 4.69) is 21.2 Å². The molecule has 0 atom stereocenters. The van der Waals surface area contributed by atoms with Gasteiger partial charge < -0.3 is 14.8 Å². The van der Waals surface area contributed by atoms with Crippen LogP contribution >= 0.6 is 28.1 Å². The molecule has 0 spiro atoms. The Bertz CT molecular complexity index is 631. The molecule has 5 nitrogen and oxygen atoms in total. The molecular weight excluding hydrogens is 356 g/mol. The largest absolute Gasteiger partial charge is 0.493 e. The average molecular weight is 371 g/mol. The summed E-state index contributed by atoms with van der Waals surface area (Å²) >= 11 is 8.51. The molecule has 1 saturated heterocycles. The van der Waals surface area contributed by atoms with E-state index < -0.39 is 0 Å². The van der Waals surface area contributed by atoms with Crippen molar-refractivity contribution in [3.05, 3.63) is 27.9 Å². The number of likely N-dealkylation sites (N-methyl/N-ethyl adjacent to an activating group) is 1. The summed E-state index contributed by atoms with van der Waals surface area (Å²) < 4.78 is 11.6. The maximum atomic E-state index is 12.0. The molecule has 1 aromatic carbocycles. The van der Waals surface area contributed by atoms with Crippen molar-refractivity contribution < 1.29 is 14.3 Å². The summed E-state index contributed by atoms with van der Waals surface area (Å²) in [6, 6.07) is 3.62. The van der Waals surface area contributed by atoms with Crippen LogP contribution in [0, 0.1) is 0 Å². The Morgan fingerprint density at radius 3 is 2.67 bits per heavy atom. The number of amides is 1. The van der Waals surface area contributed by atoms with Gasteiger partial charge in [0.2, 0.25) is 0 Å². The van der Waals surface area contributed by atoms with Crippen molar-refractivity contribution >= 4 is 45.2 Å². The molecule has 1 N–H and O–H groups in total. The lowest BCUT2D eigenvalue weighted by Gasteiger charge is -2.11. The van der Waals surface area contributed by atoms with Gasteiger partial charge >= 0.3 is 0 Å². The summed E-state index contributed by atoms with van der Waals surface area (Å²) in [7, 11) is 3.21. The zero-order valence-corrected chi connectivity index (χ0v) is 14.3. The number of thiocarbonyl (C=S) groups is 1. The molecule has 1 heterocycles. The highest BCUT2D eigenvalue weighted by molar-refractivity contribution is 9.10. The predicted octanol–water partition coefficient (Wildman–Crippen LogP) is 2.54. The maximum absolute atomic E-state index is 12.0. The van der Waals surface area contributed by atoms with E-state index in [0.29, 0.717) is 28.9 Å². The standard InChI is InChI=1S/C14H15BrN2O3S/c1-4-20-12-6-8(9(15)7-11(12)19-3)5-10-13(18)17(2)14(21)16-10/h5-7H,4H2,1-3H3,(H,16,21)/b10-5-. The summed E-state index contributed by atoms with van der Waals surface area (Å²) in [5.41, 5.74) is 1.23. The van der Waals surface area contributed by atoms with Crippen LogP contribution in [-0.2, 0) is 4.79 Å². The van der Waals surface area contributed by atoms with E-state index in [4.69, 9.17) is 21.7 Å². The fourth-order valence-electron chi connectivity index (χ4n) is 1.87. The zero-order valence-electron chi connectivity index (χ0n) is 11.9. The fourth-order valence-corrected chi connectivity index (χ4v) is 2.50. The van der Waals surface area contributed by atoms with Gasteiger partial charge in [-0.05, 0) is 42.9 Å². The Kier molecular flexibility index (Phi) is 4.84. The second-order valence-corrected chi connectivity index (χ2v) is 5.55. The van der Waals surface area contributed by atoms with Gasteiger partial charge in [0.15, 0.2) is 16.6 Å². The fraction of sp³-hybridized carbons (Fsp3) is 0.286. The van der Waals surface area contributed by atoms with Crippen molar-refractivity contribution in [2.24, 2.45) is 0 Å². The predicted molar refractivity (Wildman–Crippen MR) is 88.3 cm³/mol. The smallest absolute Gasteiger partial charge is 0.276 e. The number of rotatable bonds is 4. The Labute approximate surface area is 137 Å². The molecule has 7 heteroatoms. The number of ether oxygens (including phenoxy) is 2. The van der Waals surface area contributed by atoms with Crippen LogP contribution in [0.1, 0.15) is 12.5 Å². The molecule has 1 fully saturated rings. The highest BCUT2D eigenvalue weighted by atomic mass is 79.9. The monoisotopic (exact) mass is 370 g/mol. The van der Waals surface area contributed by atoms with Crippen LogP contribution in [0.5, 0.6) is 11.5 Å². The van der Waals surface area contributed by atoms with E-state index in [9.17, 15) is 4.79 Å². The summed E-state index contributed by atoms with van der Waals surface area (Å²) in [6.07, 6.45) is 1.73. The Morgan fingerprint density at radius 1 is 1.43 bits per heavy atom. The molecule has 112 valence electrons. The minimum absolute atomic E-state index is 0.166. The number of nitrogens with one attached hydrogen (secondary N) is 1. The lowest BCUT2D eigenvalue weighted by molar-refractivity contribution is -0.121. The van der Waals surface area contributed by atoms with Crippen molar-refractivity contribution in [3.63, 3.8) is 0 Å². The van der Waals surface area contributed by atoms with Crippen LogP contribution < -0.4 is 14.8 Å². The first-order valence-corrected chi connectivity index (χ1v) is 7.49. The van der Waals surface area contributed by atoms with Gasteiger partial charge in [0.25, 0.3) is 5.91 Å². The van der Waals surface area contributed by atoms with Crippen molar-refractivity contribution in [2.75, 3.05) is 20.8 Å². The van der Waals surface area contributed by atoms with E-state index in [1.165, 1.54) is 4.90 Å². The molecule has 1 aromatic rings. The van der Waals surface area contributed by atoms with Crippen LogP contribution in [0.3, 0.4) is 0 Å². The molecule has 1 aliphatic rings. The Morgan fingerprint density at radius 2 is 2.14 bits per heavy atom. The first-order chi connectivity index (χ1) is 9.97. The molecule has 0 radical (unpaired) electrons. The van der Waals surface area contributed by atoms with Gasteiger partial charge in [-0.25, -0.2) is 0 Å². The maximum Gasteiger partial charge on any atom is 0.276 e.